The number of hydrogen-bond donors (Lipinski definition) is 0. The SMILES string of the molecule is Cc1cc(C)c(-c2cccc3c(Oc4ccccc4)cc(C)nc23)c(C)c1. The average Bonchev–Trinajstić information content (AvgIpc) is 2.62. The van der Waals surface area contributed by atoms with Crippen molar-refractivity contribution in [2.45, 2.75) is 27.7 Å². The molecule has 1 heterocycles. The van der Waals surface area contributed by atoms with Crippen molar-refractivity contribution >= 4 is 10.9 Å². The highest BCUT2D eigenvalue weighted by atomic mass is 16.5. The van der Waals surface area contributed by atoms with E-state index in [1.165, 1.54) is 22.3 Å². The molecule has 0 spiro atoms. The predicted molar refractivity (Wildman–Crippen MR) is 113 cm³/mol. The lowest BCUT2D eigenvalue weighted by atomic mass is 9.92. The Labute approximate surface area is 160 Å². The third kappa shape index (κ3) is 3.31. The fraction of sp³-hybridized carbons (Fsp3) is 0.160. The molecule has 4 rings (SSSR count). The molecule has 2 heteroatoms. The molecule has 0 aliphatic rings. The van der Waals surface area contributed by atoms with Gasteiger partial charge in [0.1, 0.15) is 11.5 Å². The van der Waals surface area contributed by atoms with Crippen molar-refractivity contribution in [2.24, 2.45) is 0 Å². The average molecular weight is 353 g/mol. The van der Waals surface area contributed by atoms with Gasteiger partial charge in [-0.2, -0.15) is 0 Å². The second kappa shape index (κ2) is 6.88. The first-order valence-corrected chi connectivity index (χ1v) is 9.24. The van der Waals surface area contributed by atoms with Crippen molar-refractivity contribution in [3.63, 3.8) is 0 Å². The molecular formula is C25H23NO. The lowest BCUT2D eigenvalue weighted by Gasteiger charge is -2.16. The summed E-state index contributed by atoms with van der Waals surface area (Å²) in [4.78, 5) is 4.88. The Balaban J connectivity index is 1.95. The smallest absolute Gasteiger partial charge is 0.138 e. The van der Waals surface area contributed by atoms with Gasteiger partial charge in [0.05, 0.1) is 5.52 Å². The molecule has 134 valence electrons. The van der Waals surface area contributed by atoms with Gasteiger partial charge in [0.2, 0.25) is 0 Å². The fourth-order valence-corrected chi connectivity index (χ4v) is 3.85. The molecule has 0 aliphatic carbocycles. The van der Waals surface area contributed by atoms with E-state index in [2.05, 4.69) is 51.1 Å². The summed E-state index contributed by atoms with van der Waals surface area (Å²) in [7, 11) is 0. The molecule has 4 aromatic rings. The summed E-state index contributed by atoms with van der Waals surface area (Å²) < 4.78 is 6.20. The molecule has 0 unspecified atom stereocenters. The number of pyridine rings is 1. The standard InChI is InChI=1S/C25H23NO/c1-16-13-17(2)24(18(3)14-16)22-12-8-11-21-23(15-19(4)26-25(21)22)27-20-9-6-5-7-10-20/h5-15H,1-4H3. The van der Waals surface area contributed by atoms with Gasteiger partial charge in [0, 0.05) is 22.7 Å². The molecule has 0 amide bonds. The molecule has 0 saturated carbocycles. The number of aryl methyl sites for hydroxylation is 4. The molecule has 1 aromatic heterocycles. The van der Waals surface area contributed by atoms with Crippen LogP contribution in [0, 0.1) is 27.7 Å². The van der Waals surface area contributed by atoms with E-state index in [-0.39, 0.29) is 0 Å². The number of nitrogens with zero attached hydrogens (tertiary/aromatic N) is 1. The maximum absolute atomic E-state index is 6.20. The molecule has 0 fully saturated rings. The van der Waals surface area contributed by atoms with Crippen LogP contribution in [0.25, 0.3) is 22.0 Å². The Morgan fingerprint density at radius 1 is 0.741 bits per heavy atom. The third-order valence-electron chi connectivity index (χ3n) is 4.85. The van der Waals surface area contributed by atoms with Crippen molar-refractivity contribution in [1.82, 2.24) is 4.98 Å². The van der Waals surface area contributed by atoms with Crippen LogP contribution in [0.1, 0.15) is 22.4 Å². The zero-order valence-electron chi connectivity index (χ0n) is 16.2. The molecule has 0 aliphatic heterocycles. The monoisotopic (exact) mass is 353 g/mol. The number of benzene rings is 3. The minimum atomic E-state index is 0.831. The molecule has 27 heavy (non-hydrogen) atoms. The number of ether oxygens (including phenoxy) is 1. The van der Waals surface area contributed by atoms with Gasteiger partial charge in [0.15, 0.2) is 0 Å². The summed E-state index contributed by atoms with van der Waals surface area (Å²) in [6.07, 6.45) is 0. The van der Waals surface area contributed by atoms with Gasteiger partial charge in [-0.05, 0) is 62.6 Å². The van der Waals surface area contributed by atoms with Crippen LogP contribution in [-0.4, -0.2) is 4.98 Å². The number of hydrogen-bond acceptors (Lipinski definition) is 2. The quantitative estimate of drug-likeness (QED) is 0.398. The largest absolute Gasteiger partial charge is 0.457 e. The molecule has 0 bridgehead atoms. The zero-order valence-corrected chi connectivity index (χ0v) is 16.2. The molecule has 3 aromatic carbocycles. The Bertz CT molecular complexity index is 1110. The number of aromatic nitrogens is 1. The summed E-state index contributed by atoms with van der Waals surface area (Å²) in [5.41, 5.74) is 8.18. The van der Waals surface area contributed by atoms with Gasteiger partial charge in [0.25, 0.3) is 0 Å². The van der Waals surface area contributed by atoms with Crippen LogP contribution in [0.2, 0.25) is 0 Å². The van der Waals surface area contributed by atoms with Crippen molar-refractivity contribution in [1.29, 1.82) is 0 Å². The van der Waals surface area contributed by atoms with E-state index in [0.29, 0.717) is 0 Å². The second-order valence-electron chi connectivity index (χ2n) is 7.15. The minimum Gasteiger partial charge on any atom is -0.457 e. The van der Waals surface area contributed by atoms with E-state index in [1.54, 1.807) is 0 Å². The highest BCUT2D eigenvalue weighted by Crippen LogP contribution is 2.37. The molecule has 0 radical (unpaired) electrons. The first-order chi connectivity index (χ1) is 13.0. The van der Waals surface area contributed by atoms with Crippen LogP contribution in [0.3, 0.4) is 0 Å². The van der Waals surface area contributed by atoms with E-state index in [4.69, 9.17) is 9.72 Å². The highest BCUT2D eigenvalue weighted by molar-refractivity contribution is 5.98. The third-order valence-corrected chi connectivity index (χ3v) is 4.85. The van der Waals surface area contributed by atoms with E-state index in [0.717, 1.165) is 33.7 Å². The van der Waals surface area contributed by atoms with Crippen molar-refractivity contribution in [3.05, 3.63) is 89.1 Å². The van der Waals surface area contributed by atoms with Crippen LogP contribution in [-0.2, 0) is 0 Å². The fourth-order valence-electron chi connectivity index (χ4n) is 3.85. The number of para-hydroxylation sites is 2. The van der Waals surface area contributed by atoms with Crippen LogP contribution >= 0.6 is 0 Å². The van der Waals surface area contributed by atoms with Crippen LogP contribution in [0.15, 0.2) is 66.7 Å². The van der Waals surface area contributed by atoms with Crippen molar-refractivity contribution < 1.29 is 4.74 Å². The topological polar surface area (TPSA) is 22.1 Å². The van der Waals surface area contributed by atoms with Crippen LogP contribution in [0.5, 0.6) is 11.5 Å². The minimum absolute atomic E-state index is 0.831. The lowest BCUT2D eigenvalue weighted by Crippen LogP contribution is -1.95. The normalized spacial score (nSPS) is 11.0. The molecule has 0 atom stereocenters. The van der Waals surface area contributed by atoms with E-state index >= 15 is 0 Å². The Morgan fingerprint density at radius 3 is 2.15 bits per heavy atom. The maximum atomic E-state index is 6.20. The van der Waals surface area contributed by atoms with Gasteiger partial charge >= 0.3 is 0 Å². The summed E-state index contributed by atoms with van der Waals surface area (Å²) in [6, 6.07) is 22.7. The molecule has 0 N–H and O–H groups in total. The molecular weight excluding hydrogens is 330 g/mol. The molecule has 2 nitrogen and oxygen atoms in total. The Kier molecular flexibility index (Phi) is 4.41. The zero-order chi connectivity index (χ0) is 19.0. The Morgan fingerprint density at radius 2 is 1.44 bits per heavy atom. The molecule has 0 saturated heterocycles. The van der Waals surface area contributed by atoms with Gasteiger partial charge in [-0.3, -0.25) is 4.98 Å². The van der Waals surface area contributed by atoms with Crippen molar-refractivity contribution in [2.75, 3.05) is 0 Å². The Hall–Kier alpha value is -3.13. The van der Waals surface area contributed by atoms with E-state index in [1.807, 2.05) is 43.3 Å². The van der Waals surface area contributed by atoms with Crippen LogP contribution < -0.4 is 4.74 Å². The van der Waals surface area contributed by atoms with E-state index < -0.39 is 0 Å². The highest BCUT2D eigenvalue weighted by Gasteiger charge is 2.14. The summed E-state index contributed by atoms with van der Waals surface area (Å²) in [5.74, 6) is 1.67. The van der Waals surface area contributed by atoms with Crippen LogP contribution in [0.4, 0.5) is 0 Å². The van der Waals surface area contributed by atoms with Gasteiger partial charge in [-0.1, -0.05) is 48.0 Å². The predicted octanol–water partition coefficient (Wildman–Crippen LogP) is 6.93. The summed E-state index contributed by atoms with van der Waals surface area (Å²) in [5, 5.41) is 1.03. The number of fused-ring (bicyclic) bond motifs is 1. The summed E-state index contributed by atoms with van der Waals surface area (Å²) >= 11 is 0. The summed E-state index contributed by atoms with van der Waals surface area (Å²) in [6.45, 7) is 8.50. The van der Waals surface area contributed by atoms with Crippen molar-refractivity contribution in [3.8, 4) is 22.6 Å². The van der Waals surface area contributed by atoms with Gasteiger partial charge < -0.3 is 4.74 Å². The second-order valence-corrected chi connectivity index (χ2v) is 7.15. The van der Waals surface area contributed by atoms with Gasteiger partial charge in [-0.25, -0.2) is 0 Å². The van der Waals surface area contributed by atoms with E-state index in [9.17, 15) is 0 Å². The first kappa shape index (κ1) is 17.3. The van der Waals surface area contributed by atoms with Gasteiger partial charge in [-0.15, -0.1) is 0 Å². The maximum Gasteiger partial charge on any atom is 0.138 e. The first-order valence-electron chi connectivity index (χ1n) is 9.24. The number of rotatable bonds is 3. The lowest BCUT2D eigenvalue weighted by molar-refractivity contribution is 0.487.